The molecule has 0 aliphatic heterocycles. The summed E-state index contributed by atoms with van der Waals surface area (Å²) in [5.74, 6) is -0.696. The summed E-state index contributed by atoms with van der Waals surface area (Å²) < 4.78 is 19.4. The third kappa shape index (κ3) is 3.28. The smallest absolute Gasteiger partial charge is 0.261 e. The Kier molecular flexibility index (Phi) is 4.86. The van der Waals surface area contributed by atoms with E-state index in [0.717, 1.165) is 12.0 Å². The van der Waals surface area contributed by atoms with Crippen LogP contribution in [0.3, 0.4) is 0 Å². The third-order valence-corrected chi connectivity index (χ3v) is 4.25. The Morgan fingerprint density at radius 3 is 2.72 bits per heavy atom. The van der Waals surface area contributed by atoms with Gasteiger partial charge in [0.05, 0.1) is 10.6 Å². The van der Waals surface area contributed by atoms with E-state index in [1.807, 2.05) is 31.2 Å². The molecule has 0 aliphatic carbocycles. The molecule has 0 unspecified atom stereocenters. The quantitative estimate of drug-likeness (QED) is 0.692. The van der Waals surface area contributed by atoms with E-state index in [9.17, 15) is 9.18 Å². The highest BCUT2D eigenvalue weighted by atomic mass is 35.5. The van der Waals surface area contributed by atoms with Crippen molar-refractivity contribution in [1.29, 1.82) is 0 Å². The molecular formula is C19H16ClFN2O2. The Morgan fingerprint density at radius 2 is 2.00 bits per heavy atom. The fraction of sp³-hybridized carbons (Fsp3) is 0.158. The molecule has 128 valence electrons. The number of aryl methyl sites for hydroxylation is 2. The molecule has 1 heterocycles. The number of aromatic nitrogens is 1. The van der Waals surface area contributed by atoms with Crippen molar-refractivity contribution in [3.63, 3.8) is 0 Å². The van der Waals surface area contributed by atoms with Gasteiger partial charge in [0, 0.05) is 5.69 Å². The maximum Gasteiger partial charge on any atom is 0.261 e. The van der Waals surface area contributed by atoms with Crippen molar-refractivity contribution < 1.29 is 13.7 Å². The Labute approximate surface area is 149 Å². The maximum atomic E-state index is 14.2. The minimum Gasteiger partial charge on any atom is -0.360 e. The molecule has 0 atom stereocenters. The number of para-hydroxylation sites is 1. The molecule has 4 nitrogen and oxygen atoms in total. The van der Waals surface area contributed by atoms with Gasteiger partial charge in [-0.3, -0.25) is 4.79 Å². The number of anilines is 1. The number of nitrogens with one attached hydrogen (secondary N) is 1. The molecule has 0 aliphatic rings. The Hall–Kier alpha value is -2.66. The lowest BCUT2D eigenvalue weighted by Gasteiger charge is -2.10. The molecule has 0 fully saturated rings. The average molecular weight is 359 g/mol. The van der Waals surface area contributed by atoms with Gasteiger partial charge < -0.3 is 9.84 Å². The van der Waals surface area contributed by atoms with Crippen LogP contribution in [0, 0.1) is 12.7 Å². The second-order valence-corrected chi connectivity index (χ2v) is 5.93. The van der Waals surface area contributed by atoms with E-state index in [2.05, 4.69) is 10.5 Å². The van der Waals surface area contributed by atoms with Gasteiger partial charge in [-0.05, 0) is 37.1 Å². The molecule has 6 heteroatoms. The first-order valence-corrected chi connectivity index (χ1v) is 8.20. The first-order chi connectivity index (χ1) is 12.0. The summed E-state index contributed by atoms with van der Waals surface area (Å²) in [4.78, 5) is 12.8. The maximum absolute atomic E-state index is 14.2. The Morgan fingerprint density at radius 1 is 1.24 bits per heavy atom. The van der Waals surface area contributed by atoms with Crippen LogP contribution in [0.5, 0.6) is 0 Å². The van der Waals surface area contributed by atoms with Crippen molar-refractivity contribution in [2.24, 2.45) is 0 Å². The predicted molar refractivity (Wildman–Crippen MR) is 95.4 cm³/mol. The summed E-state index contributed by atoms with van der Waals surface area (Å²) in [6.07, 6.45) is 0.769. The standard InChI is InChI=1S/C19H16ClFN2O2/c1-3-12-7-4-5-10-15(12)22-19(24)16-11(2)25-23-18(16)17-13(20)8-6-9-14(17)21/h4-10H,3H2,1-2H3,(H,22,24). The lowest BCUT2D eigenvalue weighted by atomic mass is 10.0. The first-order valence-electron chi connectivity index (χ1n) is 7.82. The second kappa shape index (κ2) is 7.07. The highest BCUT2D eigenvalue weighted by Gasteiger charge is 2.25. The van der Waals surface area contributed by atoms with Crippen LogP contribution in [0.25, 0.3) is 11.3 Å². The highest BCUT2D eigenvalue weighted by Crippen LogP contribution is 2.33. The van der Waals surface area contributed by atoms with Crippen LogP contribution >= 0.6 is 11.6 Å². The van der Waals surface area contributed by atoms with Crippen molar-refractivity contribution in [3.8, 4) is 11.3 Å². The monoisotopic (exact) mass is 358 g/mol. The first kappa shape index (κ1) is 17.2. The second-order valence-electron chi connectivity index (χ2n) is 5.52. The molecule has 1 N–H and O–H groups in total. The molecule has 3 rings (SSSR count). The molecule has 25 heavy (non-hydrogen) atoms. The number of carbonyl (C=O) groups is 1. The molecule has 1 aromatic heterocycles. The molecule has 0 saturated heterocycles. The van der Waals surface area contributed by atoms with Crippen LogP contribution in [0.2, 0.25) is 5.02 Å². The van der Waals surface area contributed by atoms with E-state index in [-0.39, 0.29) is 21.8 Å². The van der Waals surface area contributed by atoms with Crippen molar-refractivity contribution >= 4 is 23.2 Å². The number of rotatable bonds is 4. The van der Waals surface area contributed by atoms with E-state index < -0.39 is 11.7 Å². The number of hydrogen-bond acceptors (Lipinski definition) is 3. The van der Waals surface area contributed by atoms with Crippen LogP contribution in [-0.2, 0) is 6.42 Å². The van der Waals surface area contributed by atoms with Crippen LogP contribution < -0.4 is 5.32 Å². The lowest BCUT2D eigenvalue weighted by Crippen LogP contribution is -2.15. The number of halogens is 2. The van der Waals surface area contributed by atoms with Crippen LogP contribution in [-0.4, -0.2) is 11.1 Å². The van der Waals surface area contributed by atoms with Gasteiger partial charge in [0.1, 0.15) is 22.8 Å². The molecular weight excluding hydrogens is 343 g/mol. The Balaban J connectivity index is 2.04. The van der Waals surface area contributed by atoms with E-state index in [4.69, 9.17) is 16.1 Å². The number of carbonyl (C=O) groups excluding carboxylic acids is 1. The normalized spacial score (nSPS) is 10.7. The molecule has 0 bridgehead atoms. The van der Waals surface area contributed by atoms with E-state index in [1.54, 1.807) is 6.92 Å². The highest BCUT2D eigenvalue weighted by molar-refractivity contribution is 6.33. The van der Waals surface area contributed by atoms with Crippen LogP contribution in [0.15, 0.2) is 47.0 Å². The van der Waals surface area contributed by atoms with Gasteiger partial charge in [-0.15, -0.1) is 0 Å². The topological polar surface area (TPSA) is 55.1 Å². The summed E-state index contributed by atoms with van der Waals surface area (Å²) in [5, 5.41) is 6.87. The summed E-state index contributed by atoms with van der Waals surface area (Å²) in [5.41, 5.74) is 2.00. The molecule has 1 amide bonds. The largest absolute Gasteiger partial charge is 0.360 e. The fourth-order valence-electron chi connectivity index (χ4n) is 2.67. The molecule has 0 saturated carbocycles. The van der Waals surface area contributed by atoms with Gasteiger partial charge in [0.2, 0.25) is 0 Å². The third-order valence-electron chi connectivity index (χ3n) is 3.94. The Bertz CT molecular complexity index is 917. The van der Waals surface area contributed by atoms with Crippen LogP contribution in [0.1, 0.15) is 28.6 Å². The van der Waals surface area contributed by atoms with E-state index >= 15 is 0 Å². The van der Waals surface area contributed by atoms with E-state index in [0.29, 0.717) is 11.4 Å². The van der Waals surface area contributed by atoms with Gasteiger partial charge in [0.15, 0.2) is 0 Å². The van der Waals surface area contributed by atoms with Gasteiger partial charge in [-0.25, -0.2) is 4.39 Å². The zero-order valence-corrected chi connectivity index (χ0v) is 14.5. The lowest BCUT2D eigenvalue weighted by molar-refractivity contribution is 0.102. The fourth-order valence-corrected chi connectivity index (χ4v) is 2.92. The van der Waals surface area contributed by atoms with Crippen molar-refractivity contribution in [1.82, 2.24) is 5.16 Å². The van der Waals surface area contributed by atoms with Crippen LogP contribution in [0.4, 0.5) is 10.1 Å². The minimum absolute atomic E-state index is 0.0509. The van der Waals surface area contributed by atoms with Gasteiger partial charge in [-0.2, -0.15) is 0 Å². The number of nitrogens with zero attached hydrogens (tertiary/aromatic N) is 1. The average Bonchev–Trinajstić information content (AvgIpc) is 2.96. The summed E-state index contributed by atoms with van der Waals surface area (Å²) >= 11 is 6.10. The minimum atomic E-state index is -0.566. The zero-order chi connectivity index (χ0) is 18.0. The van der Waals surface area contributed by atoms with Crippen molar-refractivity contribution in [2.75, 3.05) is 5.32 Å². The van der Waals surface area contributed by atoms with E-state index in [1.165, 1.54) is 18.2 Å². The molecule has 0 spiro atoms. The molecule has 3 aromatic rings. The van der Waals surface area contributed by atoms with Gasteiger partial charge >= 0.3 is 0 Å². The SMILES string of the molecule is CCc1ccccc1NC(=O)c1c(-c2c(F)cccc2Cl)noc1C. The zero-order valence-electron chi connectivity index (χ0n) is 13.8. The van der Waals surface area contributed by atoms with Crippen molar-refractivity contribution in [2.45, 2.75) is 20.3 Å². The molecule has 2 aromatic carbocycles. The van der Waals surface area contributed by atoms with Gasteiger partial charge in [-0.1, -0.05) is 47.9 Å². The summed E-state index contributed by atoms with van der Waals surface area (Å²) in [6.45, 7) is 3.60. The summed E-state index contributed by atoms with van der Waals surface area (Å²) in [7, 11) is 0. The summed E-state index contributed by atoms with van der Waals surface area (Å²) in [6, 6.07) is 11.8. The van der Waals surface area contributed by atoms with Gasteiger partial charge in [0.25, 0.3) is 5.91 Å². The van der Waals surface area contributed by atoms with Crippen molar-refractivity contribution in [3.05, 3.63) is 70.2 Å². The number of benzene rings is 2. The molecule has 0 radical (unpaired) electrons. The number of hydrogen-bond donors (Lipinski definition) is 1. The predicted octanol–water partition coefficient (Wildman–Crippen LogP) is 5.26. The number of amides is 1.